The number of carbonyl (C=O) groups is 1. The Kier molecular flexibility index (Phi) is 5.13. The third kappa shape index (κ3) is 4.00. The Bertz CT molecular complexity index is 529. The molecule has 1 N–H and O–H groups in total. The van der Waals surface area contributed by atoms with Crippen LogP contribution < -0.4 is 10.1 Å². The highest BCUT2D eigenvalue weighted by Crippen LogP contribution is 2.20. The summed E-state index contributed by atoms with van der Waals surface area (Å²) in [6.45, 7) is 4.65. The van der Waals surface area contributed by atoms with Crippen molar-refractivity contribution in [3.8, 4) is 5.75 Å². The lowest BCUT2D eigenvalue weighted by Crippen LogP contribution is -2.57. The van der Waals surface area contributed by atoms with Crippen LogP contribution in [-0.2, 0) is 9.53 Å². The van der Waals surface area contributed by atoms with E-state index in [0.29, 0.717) is 32.0 Å². The first-order valence-corrected chi connectivity index (χ1v) is 8.19. The minimum atomic E-state index is -0.269. The molecule has 6 heteroatoms. The third-order valence-electron chi connectivity index (χ3n) is 4.45. The molecule has 2 fully saturated rings. The highest BCUT2D eigenvalue weighted by Gasteiger charge is 2.33. The number of halogens is 1. The Hall–Kier alpha value is -1.66. The maximum atomic E-state index is 12.9. The standard InChI is InChI=1S/C17H23FN2O3/c1-12-16(19-8-11-22-12)17(21)20-9-6-15(7-10-20)23-14-4-2-13(18)3-5-14/h2-5,12,15-16,19H,6-11H2,1H3/t12-,16+/m1/s1. The lowest BCUT2D eigenvalue weighted by atomic mass is 10.0. The number of morpholine rings is 1. The first-order valence-electron chi connectivity index (χ1n) is 8.19. The topological polar surface area (TPSA) is 50.8 Å². The molecular formula is C17H23FN2O3. The number of hydrogen-bond acceptors (Lipinski definition) is 4. The van der Waals surface area contributed by atoms with Gasteiger partial charge in [-0.15, -0.1) is 0 Å². The van der Waals surface area contributed by atoms with Gasteiger partial charge in [-0.25, -0.2) is 4.39 Å². The second-order valence-corrected chi connectivity index (χ2v) is 6.10. The summed E-state index contributed by atoms with van der Waals surface area (Å²) in [5.74, 6) is 0.513. The molecule has 2 atom stereocenters. The number of benzene rings is 1. The fourth-order valence-electron chi connectivity index (χ4n) is 3.11. The molecule has 1 aromatic rings. The van der Waals surface area contributed by atoms with Gasteiger partial charge >= 0.3 is 0 Å². The Morgan fingerprint density at radius 3 is 2.65 bits per heavy atom. The molecule has 2 heterocycles. The van der Waals surface area contributed by atoms with Crippen LogP contribution >= 0.6 is 0 Å². The summed E-state index contributed by atoms with van der Waals surface area (Å²) in [5, 5.41) is 3.24. The molecule has 5 nitrogen and oxygen atoms in total. The van der Waals surface area contributed by atoms with E-state index in [9.17, 15) is 9.18 Å². The number of rotatable bonds is 3. The molecule has 23 heavy (non-hydrogen) atoms. The van der Waals surface area contributed by atoms with Gasteiger partial charge in [0.15, 0.2) is 0 Å². The van der Waals surface area contributed by atoms with Gasteiger partial charge < -0.3 is 19.7 Å². The number of piperidine rings is 1. The monoisotopic (exact) mass is 322 g/mol. The van der Waals surface area contributed by atoms with E-state index in [1.165, 1.54) is 12.1 Å². The van der Waals surface area contributed by atoms with Crippen molar-refractivity contribution in [1.82, 2.24) is 10.2 Å². The first kappa shape index (κ1) is 16.2. The van der Waals surface area contributed by atoms with Crippen molar-refractivity contribution in [2.24, 2.45) is 0 Å². The molecule has 0 aromatic heterocycles. The van der Waals surface area contributed by atoms with E-state index in [1.807, 2.05) is 11.8 Å². The maximum Gasteiger partial charge on any atom is 0.242 e. The van der Waals surface area contributed by atoms with Crippen LogP contribution in [-0.4, -0.2) is 55.3 Å². The molecule has 126 valence electrons. The van der Waals surface area contributed by atoms with Crippen LogP contribution in [0.2, 0.25) is 0 Å². The van der Waals surface area contributed by atoms with E-state index in [4.69, 9.17) is 9.47 Å². The highest BCUT2D eigenvalue weighted by atomic mass is 19.1. The van der Waals surface area contributed by atoms with Crippen LogP contribution in [0.5, 0.6) is 5.75 Å². The van der Waals surface area contributed by atoms with E-state index in [0.717, 1.165) is 12.8 Å². The van der Waals surface area contributed by atoms with Crippen LogP contribution in [0.4, 0.5) is 4.39 Å². The van der Waals surface area contributed by atoms with Crippen LogP contribution in [0.25, 0.3) is 0 Å². The lowest BCUT2D eigenvalue weighted by molar-refractivity contribution is -0.141. The summed E-state index contributed by atoms with van der Waals surface area (Å²) in [7, 11) is 0. The average molecular weight is 322 g/mol. The minimum absolute atomic E-state index is 0.0671. The zero-order valence-corrected chi connectivity index (χ0v) is 13.3. The molecule has 0 aliphatic carbocycles. The Balaban J connectivity index is 1.49. The second kappa shape index (κ2) is 7.27. The fourth-order valence-corrected chi connectivity index (χ4v) is 3.11. The number of nitrogens with one attached hydrogen (secondary N) is 1. The quantitative estimate of drug-likeness (QED) is 0.918. The summed E-state index contributed by atoms with van der Waals surface area (Å²) in [5.41, 5.74) is 0. The van der Waals surface area contributed by atoms with Gasteiger partial charge in [0.05, 0.1) is 12.7 Å². The van der Waals surface area contributed by atoms with Gasteiger partial charge in [-0.05, 0) is 31.2 Å². The second-order valence-electron chi connectivity index (χ2n) is 6.10. The number of nitrogens with zero attached hydrogens (tertiary/aromatic N) is 1. The molecule has 2 aliphatic rings. The molecular weight excluding hydrogens is 299 g/mol. The van der Waals surface area contributed by atoms with Crippen LogP contribution in [0, 0.1) is 5.82 Å². The van der Waals surface area contributed by atoms with Gasteiger partial charge in [0, 0.05) is 32.5 Å². The summed E-state index contributed by atoms with van der Waals surface area (Å²) < 4.78 is 24.3. The number of hydrogen-bond donors (Lipinski definition) is 1. The van der Waals surface area contributed by atoms with Crippen LogP contribution in [0.1, 0.15) is 19.8 Å². The third-order valence-corrected chi connectivity index (χ3v) is 4.45. The molecule has 3 rings (SSSR count). The van der Waals surface area contributed by atoms with E-state index in [1.54, 1.807) is 12.1 Å². The van der Waals surface area contributed by atoms with Gasteiger partial charge in [0.2, 0.25) is 5.91 Å². The normalized spacial score (nSPS) is 26.1. The predicted octanol–water partition coefficient (Wildman–Crippen LogP) is 1.57. The van der Waals surface area contributed by atoms with E-state index < -0.39 is 0 Å². The van der Waals surface area contributed by atoms with Crippen LogP contribution in [0.3, 0.4) is 0 Å². The van der Waals surface area contributed by atoms with Crippen LogP contribution in [0.15, 0.2) is 24.3 Å². The summed E-state index contributed by atoms with van der Waals surface area (Å²) in [4.78, 5) is 14.4. The Morgan fingerprint density at radius 1 is 1.30 bits per heavy atom. The van der Waals surface area contributed by atoms with E-state index in [-0.39, 0.29) is 30.0 Å². The van der Waals surface area contributed by atoms with Gasteiger partial charge in [-0.3, -0.25) is 4.79 Å². The predicted molar refractivity (Wildman–Crippen MR) is 83.8 cm³/mol. The molecule has 2 saturated heterocycles. The largest absolute Gasteiger partial charge is 0.490 e. The zero-order chi connectivity index (χ0) is 16.2. The molecule has 0 spiro atoms. The van der Waals surface area contributed by atoms with Crippen molar-refractivity contribution in [2.45, 2.75) is 38.0 Å². The number of likely N-dealkylation sites (tertiary alicyclic amines) is 1. The summed E-state index contributed by atoms with van der Waals surface area (Å²) >= 11 is 0. The van der Waals surface area contributed by atoms with Gasteiger partial charge in [0.25, 0.3) is 0 Å². The lowest BCUT2D eigenvalue weighted by Gasteiger charge is -2.37. The van der Waals surface area contributed by atoms with Gasteiger partial charge in [-0.1, -0.05) is 0 Å². The number of amides is 1. The van der Waals surface area contributed by atoms with Crippen molar-refractivity contribution < 1.29 is 18.7 Å². The van der Waals surface area contributed by atoms with Crippen molar-refractivity contribution in [1.29, 1.82) is 0 Å². The molecule has 2 aliphatic heterocycles. The van der Waals surface area contributed by atoms with Gasteiger partial charge in [0.1, 0.15) is 23.7 Å². The van der Waals surface area contributed by atoms with Gasteiger partial charge in [-0.2, -0.15) is 0 Å². The minimum Gasteiger partial charge on any atom is -0.490 e. The molecule has 1 amide bonds. The Morgan fingerprint density at radius 2 is 2.00 bits per heavy atom. The fraction of sp³-hybridized carbons (Fsp3) is 0.588. The molecule has 0 radical (unpaired) electrons. The SMILES string of the molecule is C[C@H]1OCCN[C@@H]1C(=O)N1CCC(Oc2ccc(F)cc2)CC1. The molecule has 0 unspecified atom stereocenters. The molecule has 1 aromatic carbocycles. The number of ether oxygens (including phenoxy) is 2. The Labute approximate surface area is 135 Å². The summed E-state index contributed by atoms with van der Waals surface area (Å²) in [6, 6.07) is 5.81. The van der Waals surface area contributed by atoms with Crippen molar-refractivity contribution in [3.63, 3.8) is 0 Å². The van der Waals surface area contributed by atoms with Crippen molar-refractivity contribution in [2.75, 3.05) is 26.2 Å². The maximum absolute atomic E-state index is 12.9. The first-order chi connectivity index (χ1) is 11.1. The van der Waals surface area contributed by atoms with Crippen molar-refractivity contribution in [3.05, 3.63) is 30.1 Å². The summed E-state index contributed by atoms with van der Waals surface area (Å²) in [6.07, 6.45) is 1.54. The zero-order valence-electron chi connectivity index (χ0n) is 13.3. The van der Waals surface area contributed by atoms with E-state index >= 15 is 0 Å². The molecule has 0 bridgehead atoms. The number of carbonyl (C=O) groups excluding carboxylic acids is 1. The average Bonchev–Trinajstić information content (AvgIpc) is 2.57. The van der Waals surface area contributed by atoms with E-state index in [2.05, 4.69) is 5.32 Å². The van der Waals surface area contributed by atoms with Crippen molar-refractivity contribution >= 4 is 5.91 Å². The molecule has 0 saturated carbocycles. The smallest absolute Gasteiger partial charge is 0.242 e. The highest BCUT2D eigenvalue weighted by molar-refractivity contribution is 5.82.